The zero-order chi connectivity index (χ0) is 20.4. The largest absolute Gasteiger partial charge is 0.324 e. The number of hydrogen-bond acceptors (Lipinski definition) is 5. The summed E-state index contributed by atoms with van der Waals surface area (Å²) in [6, 6.07) is 13.9. The molecule has 0 fully saturated rings. The molecule has 0 aliphatic rings. The number of hydrogen-bond donors (Lipinski definition) is 2. The lowest BCUT2D eigenvalue weighted by Gasteiger charge is -2.12. The third-order valence-corrected chi connectivity index (χ3v) is 5.49. The Morgan fingerprint density at radius 2 is 1.97 bits per heavy atom. The predicted molar refractivity (Wildman–Crippen MR) is 115 cm³/mol. The van der Waals surface area contributed by atoms with Gasteiger partial charge in [-0.1, -0.05) is 53.2 Å². The molecule has 4 rings (SSSR count). The van der Waals surface area contributed by atoms with Crippen molar-refractivity contribution < 1.29 is 4.79 Å². The first-order valence-electron chi connectivity index (χ1n) is 8.42. The average Bonchev–Trinajstić information content (AvgIpc) is 3.18. The highest BCUT2D eigenvalue weighted by atomic mass is 35.5. The van der Waals surface area contributed by atoms with Crippen LogP contribution in [-0.4, -0.2) is 31.4 Å². The number of rotatable bonds is 5. The highest BCUT2D eigenvalue weighted by molar-refractivity contribution is 7.99. The number of aromatic amines is 1. The van der Waals surface area contributed by atoms with Crippen molar-refractivity contribution in [3.05, 3.63) is 75.1 Å². The van der Waals surface area contributed by atoms with Gasteiger partial charge in [-0.15, -0.1) is 0 Å². The Morgan fingerprint density at radius 1 is 1.17 bits per heavy atom. The van der Waals surface area contributed by atoms with Gasteiger partial charge in [0.25, 0.3) is 5.56 Å². The summed E-state index contributed by atoms with van der Waals surface area (Å²) in [6.45, 7) is 0. The topological polar surface area (TPSA) is 92.7 Å². The van der Waals surface area contributed by atoms with Crippen molar-refractivity contribution in [2.45, 2.75) is 5.16 Å². The molecular formula is C19H13Cl2N5O2S. The van der Waals surface area contributed by atoms with E-state index in [1.54, 1.807) is 30.3 Å². The fraction of sp³-hybridized carbons (Fsp3) is 0.0526. The van der Waals surface area contributed by atoms with Crippen molar-refractivity contribution in [1.29, 1.82) is 0 Å². The van der Waals surface area contributed by atoms with Gasteiger partial charge in [-0.05, 0) is 30.3 Å². The standard InChI is InChI=1S/C19H13Cl2N5O2S/c20-11-6-7-15(14(21)8-11)23-16(27)10-29-19-24-17-13(9-22-25-17)18(28)26(19)12-4-2-1-3-5-12/h1-9H,10H2,(H,22,25)(H,23,27). The van der Waals surface area contributed by atoms with E-state index in [-0.39, 0.29) is 17.2 Å². The fourth-order valence-electron chi connectivity index (χ4n) is 2.68. The van der Waals surface area contributed by atoms with Crippen molar-refractivity contribution in [1.82, 2.24) is 19.7 Å². The molecular weight excluding hydrogens is 433 g/mol. The Kier molecular flexibility index (Phi) is 5.57. The van der Waals surface area contributed by atoms with Crippen LogP contribution in [0.15, 0.2) is 64.7 Å². The third kappa shape index (κ3) is 4.14. The van der Waals surface area contributed by atoms with E-state index in [0.29, 0.717) is 37.6 Å². The lowest BCUT2D eigenvalue weighted by molar-refractivity contribution is -0.113. The van der Waals surface area contributed by atoms with E-state index in [4.69, 9.17) is 23.2 Å². The number of nitrogens with one attached hydrogen (secondary N) is 2. The molecule has 0 aliphatic carbocycles. The van der Waals surface area contributed by atoms with Crippen molar-refractivity contribution in [2.24, 2.45) is 0 Å². The molecule has 0 unspecified atom stereocenters. The van der Waals surface area contributed by atoms with Gasteiger partial charge in [0.2, 0.25) is 5.91 Å². The SMILES string of the molecule is O=C(CSc1nc2[nH]ncc2c(=O)n1-c1ccccc1)Nc1ccc(Cl)cc1Cl. The van der Waals surface area contributed by atoms with Gasteiger partial charge in [-0.3, -0.25) is 19.3 Å². The van der Waals surface area contributed by atoms with Crippen molar-refractivity contribution in [3.8, 4) is 5.69 Å². The maximum atomic E-state index is 12.9. The lowest BCUT2D eigenvalue weighted by Crippen LogP contribution is -2.22. The minimum Gasteiger partial charge on any atom is -0.324 e. The number of benzene rings is 2. The number of anilines is 1. The summed E-state index contributed by atoms with van der Waals surface area (Å²) in [5, 5.41) is 10.9. The summed E-state index contributed by atoms with van der Waals surface area (Å²) in [5.41, 5.74) is 1.21. The normalized spacial score (nSPS) is 11.0. The second-order valence-electron chi connectivity index (χ2n) is 5.96. The molecule has 4 aromatic rings. The molecule has 0 saturated carbocycles. The minimum absolute atomic E-state index is 0.0257. The molecule has 146 valence electrons. The highest BCUT2D eigenvalue weighted by Crippen LogP contribution is 2.26. The molecule has 2 aromatic carbocycles. The van der Waals surface area contributed by atoms with E-state index in [9.17, 15) is 9.59 Å². The zero-order valence-corrected chi connectivity index (χ0v) is 17.1. The number of amides is 1. The molecule has 0 atom stereocenters. The molecule has 2 heterocycles. The van der Waals surface area contributed by atoms with Crippen molar-refractivity contribution in [2.75, 3.05) is 11.1 Å². The number of nitrogens with zero attached hydrogens (tertiary/aromatic N) is 3. The summed E-state index contributed by atoms with van der Waals surface area (Å²) in [5.74, 6) is -0.268. The molecule has 0 saturated heterocycles. The first kappa shape index (κ1) is 19.5. The maximum absolute atomic E-state index is 12.9. The number of carbonyl (C=O) groups excluding carboxylic acids is 1. The summed E-state index contributed by atoms with van der Waals surface area (Å²) in [4.78, 5) is 29.8. The van der Waals surface area contributed by atoms with E-state index in [1.807, 2.05) is 18.2 Å². The van der Waals surface area contributed by atoms with Crippen LogP contribution in [0.2, 0.25) is 10.0 Å². The number of para-hydroxylation sites is 1. The van der Waals surface area contributed by atoms with E-state index in [1.165, 1.54) is 10.8 Å². The quantitative estimate of drug-likeness (QED) is 0.355. The molecule has 0 radical (unpaired) electrons. The zero-order valence-electron chi connectivity index (χ0n) is 14.7. The number of thioether (sulfide) groups is 1. The van der Waals surface area contributed by atoms with Gasteiger partial charge in [0.05, 0.1) is 28.3 Å². The van der Waals surface area contributed by atoms with Gasteiger partial charge in [0.15, 0.2) is 10.8 Å². The summed E-state index contributed by atoms with van der Waals surface area (Å²) >= 11 is 13.1. The van der Waals surface area contributed by atoms with Gasteiger partial charge < -0.3 is 5.32 Å². The number of H-pyrrole nitrogens is 1. The Hall–Kier alpha value is -2.81. The van der Waals surface area contributed by atoms with E-state index < -0.39 is 0 Å². The molecule has 0 bridgehead atoms. The molecule has 1 amide bonds. The van der Waals surface area contributed by atoms with Gasteiger partial charge in [-0.2, -0.15) is 5.10 Å². The van der Waals surface area contributed by atoms with Crippen molar-refractivity contribution in [3.63, 3.8) is 0 Å². The van der Waals surface area contributed by atoms with E-state index in [2.05, 4.69) is 20.5 Å². The lowest BCUT2D eigenvalue weighted by atomic mass is 10.3. The third-order valence-electron chi connectivity index (χ3n) is 4.00. The molecule has 2 aromatic heterocycles. The van der Waals surface area contributed by atoms with E-state index >= 15 is 0 Å². The first-order chi connectivity index (χ1) is 14.0. The Labute approximate surface area is 179 Å². The average molecular weight is 446 g/mol. The van der Waals surface area contributed by atoms with Crippen LogP contribution >= 0.6 is 35.0 Å². The second-order valence-corrected chi connectivity index (χ2v) is 7.75. The number of aromatic nitrogens is 4. The summed E-state index contributed by atoms with van der Waals surface area (Å²) in [6.07, 6.45) is 1.44. The molecule has 2 N–H and O–H groups in total. The van der Waals surface area contributed by atoms with Crippen LogP contribution in [0.1, 0.15) is 0 Å². The number of halogens is 2. The van der Waals surface area contributed by atoms with Gasteiger partial charge in [-0.25, -0.2) is 4.98 Å². The minimum atomic E-state index is -0.294. The first-order valence-corrected chi connectivity index (χ1v) is 10.2. The molecule has 0 spiro atoms. The highest BCUT2D eigenvalue weighted by Gasteiger charge is 2.16. The van der Waals surface area contributed by atoms with Gasteiger partial charge in [0, 0.05) is 5.02 Å². The van der Waals surface area contributed by atoms with Gasteiger partial charge >= 0.3 is 0 Å². The molecule has 0 aliphatic heterocycles. The van der Waals surface area contributed by atoms with Crippen LogP contribution in [0.25, 0.3) is 16.7 Å². The monoisotopic (exact) mass is 445 g/mol. The smallest absolute Gasteiger partial charge is 0.269 e. The Balaban J connectivity index is 1.62. The molecule has 7 nitrogen and oxygen atoms in total. The fourth-order valence-corrected chi connectivity index (χ4v) is 3.94. The van der Waals surface area contributed by atoms with Crippen LogP contribution in [-0.2, 0) is 4.79 Å². The van der Waals surface area contributed by atoms with Crippen LogP contribution < -0.4 is 10.9 Å². The summed E-state index contributed by atoms with van der Waals surface area (Å²) < 4.78 is 1.46. The van der Waals surface area contributed by atoms with Crippen LogP contribution in [0.4, 0.5) is 5.69 Å². The van der Waals surface area contributed by atoms with Gasteiger partial charge in [0.1, 0.15) is 5.39 Å². The predicted octanol–water partition coefficient (Wildman–Crippen LogP) is 4.15. The second kappa shape index (κ2) is 8.28. The summed E-state index contributed by atoms with van der Waals surface area (Å²) in [7, 11) is 0. The Morgan fingerprint density at radius 3 is 2.72 bits per heavy atom. The van der Waals surface area contributed by atoms with Crippen molar-refractivity contribution >= 4 is 57.6 Å². The van der Waals surface area contributed by atoms with Crippen LogP contribution in [0.5, 0.6) is 0 Å². The Bertz CT molecular complexity index is 1260. The maximum Gasteiger partial charge on any atom is 0.269 e. The van der Waals surface area contributed by atoms with Crippen LogP contribution in [0.3, 0.4) is 0 Å². The number of fused-ring (bicyclic) bond motifs is 1. The molecule has 29 heavy (non-hydrogen) atoms. The van der Waals surface area contributed by atoms with Crippen LogP contribution in [0, 0.1) is 0 Å². The number of carbonyl (C=O) groups is 1. The van der Waals surface area contributed by atoms with E-state index in [0.717, 1.165) is 11.8 Å². The molecule has 10 heteroatoms.